The SMILES string of the molecule is FC(F)(F)c1cnc(N2CC3(CNC3)C2)nc1. The lowest BCUT2D eigenvalue weighted by molar-refractivity contribution is -0.138. The van der Waals surface area contributed by atoms with Crippen LogP contribution in [0.1, 0.15) is 5.56 Å². The van der Waals surface area contributed by atoms with Gasteiger partial charge in [-0.2, -0.15) is 13.2 Å². The zero-order valence-corrected chi connectivity index (χ0v) is 8.96. The number of halogens is 3. The number of hydrogen-bond acceptors (Lipinski definition) is 4. The van der Waals surface area contributed by atoms with E-state index in [2.05, 4.69) is 15.3 Å². The molecule has 0 bridgehead atoms. The molecule has 2 fully saturated rings. The van der Waals surface area contributed by atoms with Crippen molar-refractivity contribution in [2.45, 2.75) is 6.18 Å². The molecule has 1 N–H and O–H groups in total. The third-order valence-electron chi connectivity index (χ3n) is 3.30. The van der Waals surface area contributed by atoms with Gasteiger partial charge in [-0.1, -0.05) is 0 Å². The Bertz CT molecular complexity index is 416. The summed E-state index contributed by atoms with van der Waals surface area (Å²) in [5.41, 5.74) is -0.492. The van der Waals surface area contributed by atoms with Gasteiger partial charge in [0.15, 0.2) is 0 Å². The molecule has 3 heterocycles. The number of nitrogens with zero attached hydrogens (tertiary/aromatic N) is 3. The molecule has 0 aliphatic carbocycles. The number of nitrogens with one attached hydrogen (secondary N) is 1. The van der Waals surface area contributed by atoms with Crippen molar-refractivity contribution in [2.24, 2.45) is 5.41 Å². The first-order chi connectivity index (χ1) is 7.99. The Hall–Kier alpha value is -1.37. The Morgan fingerprint density at radius 2 is 1.76 bits per heavy atom. The van der Waals surface area contributed by atoms with Crippen LogP contribution in [0.3, 0.4) is 0 Å². The van der Waals surface area contributed by atoms with E-state index in [1.165, 1.54) is 0 Å². The maximum Gasteiger partial charge on any atom is 0.419 e. The molecule has 4 nitrogen and oxygen atoms in total. The number of anilines is 1. The van der Waals surface area contributed by atoms with Crippen molar-refractivity contribution >= 4 is 5.95 Å². The average molecular weight is 244 g/mol. The van der Waals surface area contributed by atoms with Gasteiger partial charge >= 0.3 is 6.18 Å². The molecule has 1 aromatic rings. The van der Waals surface area contributed by atoms with Gasteiger partial charge in [0.1, 0.15) is 0 Å². The van der Waals surface area contributed by atoms with Gasteiger partial charge in [-0.25, -0.2) is 9.97 Å². The van der Waals surface area contributed by atoms with Crippen LogP contribution in [0.15, 0.2) is 12.4 Å². The molecule has 0 unspecified atom stereocenters. The predicted molar refractivity (Wildman–Crippen MR) is 54.5 cm³/mol. The topological polar surface area (TPSA) is 41.1 Å². The second-order valence-corrected chi connectivity index (χ2v) is 4.73. The summed E-state index contributed by atoms with van der Waals surface area (Å²) in [5, 5.41) is 3.19. The zero-order chi connectivity index (χ0) is 12.1. The van der Waals surface area contributed by atoms with Crippen molar-refractivity contribution < 1.29 is 13.2 Å². The highest BCUT2D eigenvalue weighted by Crippen LogP contribution is 2.36. The molecule has 1 spiro atoms. The lowest BCUT2D eigenvalue weighted by Gasteiger charge is -2.55. The summed E-state index contributed by atoms with van der Waals surface area (Å²) in [4.78, 5) is 9.43. The van der Waals surface area contributed by atoms with Gasteiger partial charge in [-0.05, 0) is 0 Å². The van der Waals surface area contributed by atoms with Gasteiger partial charge in [0.25, 0.3) is 0 Å². The molecule has 2 aliphatic heterocycles. The van der Waals surface area contributed by atoms with E-state index in [9.17, 15) is 13.2 Å². The third kappa shape index (κ3) is 1.74. The van der Waals surface area contributed by atoms with Crippen molar-refractivity contribution in [2.75, 3.05) is 31.1 Å². The van der Waals surface area contributed by atoms with Crippen LogP contribution >= 0.6 is 0 Å². The summed E-state index contributed by atoms with van der Waals surface area (Å²) in [6.07, 6.45) is -2.69. The molecule has 2 aliphatic rings. The summed E-state index contributed by atoms with van der Waals surface area (Å²) in [5.74, 6) is 0.385. The van der Waals surface area contributed by atoms with Gasteiger partial charge in [0.05, 0.1) is 5.56 Å². The van der Waals surface area contributed by atoms with Crippen molar-refractivity contribution in [3.63, 3.8) is 0 Å². The summed E-state index contributed by atoms with van der Waals surface area (Å²) in [6.45, 7) is 3.60. The quantitative estimate of drug-likeness (QED) is 0.797. The molecule has 2 saturated heterocycles. The van der Waals surface area contributed by atoms with Gasteiger partial charge in [-0.3, -0.25) is 0 Å². The van der Waals surface area contributed by atoms with Crippen molar-refractivity contribution in [1.29, 1.82) is 0 Å². The molecular formula is C10H11F3N4. The third-order valence-corrected chi connectivity index (χ3v) is 3.30. The largest absolute Gasteiger partial charge is 0.419 e. The minimum Gasteiger partial charge on any atom is -0.339 e. The van der Waals surface area contributed by atoms with E-state index in [1.807, 2.05) is 4.90 Å². The lowest BCUT2D eigenvalue weighted by atomic mass is 9.75. The smallest absolute Gasteiger partial charge is 0.339 e. The van der Waals surface area contributed by atoms with E-state index < -0.39 is 11.7 Å². The Kier molecular flexibility index (Phi) is 2.10. The van der Waals surface area contributed by atoms with Crippen LogP contribution in [0.2, 0.25) is 0 Å². The van der Waals surface area contributed by atoms with Gasteiger partial charge in [-0.15, -0.1) is 0 Å². The van der Waals surface area contributed by atoms with Gasteiger partial charge < -0.3 is 10.2 Å². The molecule has 0 radical (unpaired) electrons. The maximum atomic E-state index is 12.3. The normalized spacial score (nSPS) is 22.2. The predicted octanol–water partition coefficient (Wildman–Crippen LogP) is 0.905. The first kappa shape index (κ1) is 10.8. The van der Waals surface area contributed by atoms with Crippen molar-refractivity contribution in [1.82, 2.24) is 15.3 Å². The fourth-order valence-electron chi connectivity index (χ4n) is 2.24. The van der Waals surface area contributed by atoms with Crippen molar-refractivity contribution in [3.05, 3.63) is 18.0 Å². The monoisotopic (exact) mass is 244 g/mol. The minimum absolute atomic E-state index is 0.312. The molecule has 17 heavy (non-hydrogen) atoms. The average Bonchev–Trinajstić information content (AvgIpc) is 2.12. The van der Waals surface area contributed by atoms with Crippen LogP contribution < -0.4 is 10.2 Å². The highest BCUT2D eigenvalue weighted by Gasteiger charge is 2.48. The number of alkyl halides is 3. The van der Waals surface area contributed by atoms with Crippen LogP contribution in [0.5, 0.6) is 0 Å². The van der Waals surface area contributed by atoms with Crippen LogP contribution in [-0.2, 0) is 6.18 Å². The minimum atomic E-state index is -4.37. The van der Waals surface area contributed by atoms with Crippen LogP contribution in [0.4, 0.5) is 19.1 Å². The van der Waals surface area contributed by atoms with E-state index in [0.29, 0.717) is 11.4 Å². The number of hydrogen-bond donors (Lipinski definition) is 1. The van der Waals surface area contributed by atoms with E-state index in [0.717, 1.165) is 38.6 Å². The molecule has 0 saturated carbocycles. The molecule has 0 atom stereocenters. The Balaban J connectivity index is 1.69. The number of rotatable bonds is 1. The second kappa shape index (κ2) is 3.32. The van der Waals surface area contributed by atoms with E-state index >= 15 is 0 Å². The summed E-state index contributed by atoms with van der Waals surface area (Å²) in [6, 6.07) is 0. The van der Waals surface area contributed by atoms with E-state index in [4.69, 9.17) is 0 Å². The molecular weight excluding hydrogens is 233 g/mol. The number of aromatic nitrogens is 2. The first-order valence-electron chi connectivity index (χ1n) is 5.34. The molecule has 3 rings (SSSR count). The van der Waals surface area contributed by atoms with Crippen molar-refractivity contribution in [3.8, 4) is 0 Å². The molecule has 0 aromatic carbocycles. The maximum absolute atomic E-state index is 12.3. The molecule has 1 aromatic heterocycles. The summed E-state index contributed by atoms with van der Waals surface area (Å²) >= 11 is 0. The highest BCUT2D eigenvalue weighted by molar-refractivity contribution is 5.38. The van der Waals surface area contributed by atoms with E-state index in [-0.39, 0.29) is 0 Å². The van der Waals surface area contributed by atoms with Crippen LogP contribution in [0.25, 0.3) is 0 Å². The molecule has 0 amide bonds. The van der Waals surface area contributed by atoms with Gasteiger partial charge in [0, 0.05) is 44.0 Å². The van der Waals surface area contributed by atoms with Gasteiger partial charge in [0.2, 0.25) is 5.95 Å². The molecule has 7 heteroatoms. The highest BCUT2D eigenvalue weighted by atomic mass is 19.4. The zero-order valence-electron chi connectivity index (χ0n) is 8.96. The van der Waals surface area contributed by atoms with Crippen LogP contribution in [0, 0.1) is 5.41 Å². The van der Waals surface area contributed by atoms with Crippen LogP contribution in [-0.4, -0.2) is 36.1 Å². The standard InChI is InChI=1S/C10H11F3N4/c11-10(12,13)7-1-15-8(16-2-7)17-5-9(6-17)3-14-4-9/h1-2,14H,3-6H2. The summed E-state index contributed by atoms with van der Waals surface area (Å²) < 4.78 is 36.9. The summed E-state index contributed by atoms with van der Waals surface area (Å²) in [7, 11) is 0. The Labute approximate surface area is 95.9 Å². The Morgan fingerprint density at radius 1 is 1.18 bits per heavy atom. The first-order valence-corrected chi connectivity index (χ1v) is 5.34. The second-order valence-electron chi connectivity index (χ2n) is 4.73. The lowest BCUT2D eigenvalue weighted by Crippen LogP contribution is -2.71. The fourth-order valence-corrected chi connectivity index (χ4v) is 2.24. The Morgan fingerprint density at radius 3 is 2.18 bits per heavy atom. The van der Waals surface area contributed by atoms with E-state index in [1.54, 1.807) is 0 Å². The fraction of sp³-hybridized carbons (Fsp3) is 0.600. The molecule has 92 valence electrons.